The van der Waals surface area contributed by atoms with Crippen LogP contribution in [0.15, 0.2) is 53.5 Å². The quantitative estimate of drug-likeness (QED) is 0.478. The molecule has 0 radical (unpaired) electrons. The van der Waals surface area contributed by atoms with Crippen molar-refractivity contribution in [2.75, 3.05) is 39.2 Å². The number of rotatable bonds is 9. The molecule has 0 aliphatic rings. The molecule has 0 aliphatic carbocycles. The molecule has 164 valence electrons. The molecule has 0 spiro atoms. The smallest absolute Gasteiger partial charge is 0.378 e. The monoisotopic (exact) mass is 422 g/mol. The summed E-state index contributed by atoms with van der Waals surface area (Å²) in [4.78, 5) is 6.28. The average Bonchev–Trinajstić information content (AvgIpc) is 2.71. The van der Waals surface area contributed by atoms with Gasteiger partial charge in [-0.15, -0.1) is 0 Å². The Balaban J connectivity index is 1.72. The summed E-state index contributed by atoms with van der Waals surface area (Å²) < 4.78 is 41.0. The molecule has 5 nitrogen and oxygen atoms in total. The lowest BCUT2D eigenvalue weighted by Crippen LogP contribution is -2.37. The van der Waals surface area contributed by atoms with Crippen molar-refractivity contribution < 1.29 is 17.9 Å². The number of aliphatic imine (C=N–C) groups is 1. The average molecular weight is 422 g/mol. The fourth-order valence-electron chi connectivity index (χ4n) is 2.73. The Morgan fingerprint density at radius 3 is 2.10 bits per heavy atom. The number of hydrogen-bond donors (Lipinski definition) is 2. The fraction of sp³-hybridized carbons (Fsp3) is 0.409. The molecule has 0 aromatic heterocycles. The lowest BCUT2D eigenvalue weighted by molar-refractivity contribution is -0.176. The zero-order chi connectivity index (χ0) is 22.0. The second kappa shape index (κ2) is 11.4. The van der Waals surface area contributed by atoms with Crippen molar-refractivity contribution in [3.8, 4) is 0 Å². The molecule has 2 N–H and O–H groups in total. The van der Waals surface area contributed by atoms with Crippen LogP contribution in [0.3, 0.4) is 0 Å². The number of alkyl halides is 3. The minimum Gasteiger partial charge on any atom is -0.378 e. The molecule has 0 amide bonds. The minimum atomic E-state index is -4.30. The van der Waals surface area contributed by atoms with Crippen molar-refractivity contribution in [3.63, 3.8) is 0 Å². The topological polar surface area (TPSA) is 48.9 Å². The van der Waals surface area contributed by atoms with Gasteiger partial charge in [-0.1, -0.05) is 36.4 Å². The molecule has 0 saturated carbocycles. The largest absolute Gasteiger partial charge is 0.411 e. The number of nitrogens with one attached hydrogen (secondary N) is 2. The second-order valence-corrected chi connectivity index (χ2v) is 7.09. The Morgan fingerprint density at radius 1 is 0.933 bits per heavy atom. The summed E-state index contributed by atoms with van der Waals surface area (Å²) in [6, 6.07) is 15.7. The van der Waals surface area contributed by atoms with E-state index in [1.165, 1.54) is 11.3 Å². The molecule has 0 fully saturated rings. The molecule has 2 aromatic carbocycles. The summed E-state index contributed by atoms with van der Waals surface area (Å²) in [5.41, 5.74) is 4.11. The maximum absolute atomic E-state index is 12.1. The first-order valence-electron chi connectivity index (χ1n) is 9.70. The number of nitrogens with zero attached hydrogens (tertiary/aromatic N) is 2. The molecular formula is C22H29F3N4O. The van der Waals surface area contributed by atoms with E-state index in [1.54, 1.807) is 19.2 Å². The Morgan fingerprint density at radius 2 is 1.53 bits per heavy atom. The van der Waals surface area contributed by atoms with E-state index in [1.807, 2.05) is 26.2 Å². The number of guanidine groups is 1. The van der Waals surface area contributed by atoms with Crippen molar-refractivity contribution in [2.45, 2.75) is 25.7 Å². The maximum Gasteiger partial charge on any atom is 0.411 e. The zero-order valence-electron chi connectivity index (χ0n) is 17.6. The van der Waals surface area contributed by atoms with Gasteiger partial charge < -0.3 is 20.3 Å². The van der Waals surface area contributed by atoms with E-state index < -0.39 is 12.8 Å². The van der Waals surface area contributed by atoms with Gasteiger partial charge in [0.25, 0.3) is 0 Å². The number of halogens is 3. The van der Waals surface area contributed by atoms with Crippen LogP contribution in [0, 0.1) is 0 Å². The van der Waals surface area contributed by atoms with Gasteiger partial charge in [-0.2, -0.15) is 13.2 Å². The van der Waals surface area contributed by atoms with E-state index in [4.69, 9.17) is 0 Å². The van der Waals surface area contributed by atoms with Gasteiger partial charge in [0.2, 0.25) is 0 Å². The number of benzene rings is 2. The summed E-state index contributed by atoms with van der Waals surface area (Å²) in [7, 11) is 5.74. The van der Waals surface area contributed by atoms with E-state index in [0.717, 1.165) is 18.5 Å². The number of ether oxygens (including phenoxy) is 1. The van der Waals surface area contributed by atoms with Crippen LogP contribution >= 0.6 is 0 Å². The molecule has 30 heavy (non-hydrogen) atoms. The van der Waals surface area contributed by atoms with E-state index in [-0.39, 0.29) is 6.61 Å². The predicted octanol–water partition coefficient (Wildman–Crippen LogP) is 3.74. The van der Waals surface area contributed by atoms with Crippen LogP contribution in [0.1, 0.15) is 16.7 Å². The third-order valence-corrected chi connectivity index (χ3v) is 4.40. The van der Waals surface area contributed by atoms with Gasteiger partial charge in [0.1, 0.15) is 6.61 Å². The van der Waals surface area contributed by atoms with Crippen molar-refractivity contribution in [3.05, 3.63) is 65.2 Å². The van der Waals surface area contributed by atoms with Gasteiger partial charge >= 0.3 is 6.18 Å². The normalized spacial score (nSPS) is 12.0. The zero-order valence-corrected chi connectivity index (χ0v) is 17.6. The molecule has 0 bridgehead atoms. The minimum absolute atomic E-state index is 0.0635. The van der Waals surface area contributed by atoms with Crippen molar-refractivity contribution >= 4 is 11.6 Å². The molecule has 0 heterocycles. The van der Waals surface area contributed by atoms with Crippen molar-refractivity contribution in [1.29, 1.82) is 0 Å². The van der Waals surface area contributed by atoms with Crippen LogP contribution in [-0.4, -0.2) is 46.4 Å². The van der Waals surface area contributed by atoms with Crippen LogP contribution in [0.2, 0.25) is 0 Å². The molecule has 0 unspecified atom stereocenters. The highest BCUT2D eigenvalue weighted by Crippen LogP contribution is 2.16. The van der Waals surface area contributed by atoms with Gasteiger partial charge in [0.15, 0.2) is 5.96 Å². The molecular weight excluding hydrogens is 393 g/mol. The van der Waals surface area contributed by atoms with E-state index in [9.17, 15) is 13.2 Å². The highest BCUT2D eigenvalue weighted by Gasteiger charge is 2.27. The third-order valence-electron chi connectivity index (χ3n) is 4.40. The first-order valence-corrected chi connectivity index (χ1v) is 9.70. The van der Waals surface area contributed by atoms with Crippen LogP contribution < -0.4 is 15.5 Å². The maximum atomic E-state index is 12.1. The SMILES string of the molecule is CN=C(NCCc1ccc(N(C)C)cc1)NCc1ccc(COCC(F)(F)F)cc1. The summed E-state index contributed by atoms with van der Waals surface area (Å²) in [6.07, 6.45) is -3.43. The highest BCUT2D eigenvalue weighted by atomic mass is 19.4. The Kier molecular flexibility index (Phi) is 8.98. The highest BCUT2D eigenvalue weighted by molar-refractivity contribution is 5.79. The summed E-state index contributed by atoms with van der Waals surface area (Å²) in [5.74, 6) is 0.692. The lowest BCUT2D eigenvalue weighted by Gasteiger charge is -2.14. The Labute approximate surface area is 176 Å². The molecule has 8 heteroatoms. The molecule has 0 atom stereocenters. The van der Waals surface area contributed by atoms with Crippen LogP contribution in [0.5, 0.6) is 0 Å². The van der Waals surface area contributed by atoms with Crippen molar-refractivity contribution in [2.24, 2.45) is 4.99 Å². The van der Waals surface area contributed by atoms with E-state index >= 15 is 0 Å². The number of hydrogen-bond acceptors (Lipinski definition) is 3. The van der Waals surface area contributed by atoms with E-state index in [0.29, 0.717) is 18.1 Å². The predicted molar refractivity (Wildman–Crippen MR) is 115 cm³/mol. The summed E-state index contributed by atoms with van der Waals surface area (Å²) in [6.45, 7) is 0.00141. The fourth-order valence-corrected chi connectivity index (χ4v) is 2.73. The van der Waals surface area contributed by atoms with Crippen LogP contribution in [0.25, 0.3) is 0 Å². The number of anilines is 1. The lowest BCUT2D eigenvalue weighted by atomic mass is 10.1. The van der Waals surface area contributed by atoms with Gasteiger partial charge in [-0.25, -0.2) is 0 Å². The third kappa shape index (κ3) is 8.73. The molecule has 0 aliphatic heterocycles. The molecule has 2 aromatic rings. The van der Waals surface area contributed by atoms with Gasteiger partial charge in [0.05, 0.1) is 6.61 Å². The van der Waals surface area contributed by atoms with Gasteiger partial charge in [-0.05, 0) is 35.2 Å². The molecule has 0 saturated heterocycles. The van der Waals surface area contributed by atoms with E-state index in [2.05, 4.69) is 49.5 Å². The summed E-state index contributed by atoms with van der Waals surface area (Å²) in [5, 5.41) is 6.51. The van der Waals surface area contributed by atoms with Gasteiger partial charge in [-0.3, -0.25) is 4.99 Å². The first-order chi connectivity index (χ1) is 14.3. The van der Waals surface area contributed by atoms with Crippen LogP contribution in [0.4, 0.5) is 18.9 Å². The first kappa shape index (κ1) is 23.5. The Hall–Kier alpha value is -2.74. The molecule has 2 rings (SSSR count). The summed E-state index contributed by atoms with van der Waals surface area (Å²) >= 11 is 0. The standard InChI is InChI=1S/C22H29F3N4O/c1-26-21(27-13-12-17-8-10-20(11-9-17)29(2)3)28-14-18-4-6-19(7-5-18)15-30-16-22(23,24)25/h4-11H,12-16H2,1-3H3,(H2,26,27,28). The second-order valence-electron chi connectivity index (χ2n) is 7.09. The Bertz CT molecular complexity index is 788. The van der Waals surface area contributed by atoms with Crippen molar-refractivity contribution in [1.82, 2.24) is 10.6 Å². The van der Waals surface area contributed by atoms with Crippen LogP contribution in [-0.2, 0) is 24.3 Å². The van der Waals surface area contributed by atoms with Gasteiger partial charge in [0, 0.05) is 39.9 Å².